The summed E-state index contributed by atoms with van der Waals surface area (Å²) in [5.41, 5.74) is 5.07. The normalized spacial score (nSPS) is 11.9. The molecule has 0 aliphatic carbocycles. The second-order valence-electron chi connectivity index (χ2n) is 2.85. The Morgan fingerprint density at radius 1 is 1.43 bits per heavy atom. The number of ether oxygens (including phenoxy) is 2. The zero-order valence-electron chi connectivity index (χ0n) is 8.62. The molecule has 0 rings (SSSR count). The summed E-state index contributed by atoms with van der Waals surface area (Å²) in [4.78, 5) is 22.0. The third kappa shape index (κ3) is 4.81. The van der Waals surface area contributed by atoms with E-state index in [1.54, 1.807) is 0 Å². The quantitative estimate of drug-likeness (QED) is 0.500. The third-order valence-electron chi connectivity index (χ3n) is 1.98. The van der Waals surface area contributed by atoms with Gasteiger partial charge in [-0.05, 0) is 12.8 Å². The molecule has 0 saturated heterocycles. The lowest BCUT2D eigenvalue weighted by Crippen LogP contribution is -2.21. The van der Waals surface area contributed by atoms with E-state index in [4.69, 9.17) is 5.73 Å². The van der Waals surface area contributed by atoms with Crippen LogP contribution in [0.15, 0.2) is 0 Å². The molecule has 5 nitrogen and oxygen atoms in total. The van der Waals surface area contributed by atoms with Crippen molar-refractivity contribution in [2.45, 2.75) is 26.2 Å². The molecule has 0 bridgehead atoms. The largest absolute Gasteiger partial charge is 0.469 e. The van der Waals surface area contributed by atoms with Crippen molar-refractivity contribution in [3.8, 4) is 0 Å². The van der Waals surface area contributed by atoms with E-state index in [1.807, 2.05) is 6.92 Å². The predicted molar refractivity (Wildman–Crippen MR) is 50.2 cm³/mol. The summed E-state index contributed by atoms with van der Waals surface area (Å²) in [6.07, 6.45) is 1.31. The first-order valence-electron chi connectivity index (χ1n) is 4.59. The minimum Gasteiger partial charge on any atom is -0.469 e. The van der Waals surface area contributed by atoms with Gasteiger partial charge in [0.2, 0.25) is 0 Å². The molecule has 0 aromatic rings. The van der Waals surface area contributed by atoms with E-state index in [9.17, 15) is 9.59 Å². The predicted octanol–water partition coefficient (Wildman–Crippen LogP) is 0.425. The lowest BCUT2D eigenvalue weighted by Gasteiger charge is -2.11. The van der Waals surface area contributed by atoms with Gasteiger partial charge in [-0.2, -0.15) is 0 Å². The molecule has 0 spiro atoms. The molecule has 0 aromatic carbocycles. The van der Waals surface area contributed by atoms with Crippen molar-refractivity contribution in [3.63, 3.8) is 0 Å². The van der Waals surface area contributed by atoms with E-state index in [1.165, 1.54) is 7.11 Å². The Morgan fingerprint density at radius 2 is 2.07 bits per heavy atom. The van der Waals surface area contributed by atoms with Crippen LogP contribution in [0.4, 0.5) is 0 Å². The molecule has 14 heavy (non-hydrogen) atoms. The summed E-state index contributed by atoms with van der Waals surface area (Å²) in [6.45, 7) is 1.74. The maximum atomic E-state index is 11.2. The number of rotatable bonds is 6. The van der Waals surface area contributed by atoms with Gasteiger partial charge in [-0.25, -0.2) is 0 Å². The molecule has 1 unspecified atom stereocenters. The van der Waals surface area contributed by atoms with Crippen molar-refractivity contribution in [3.05, 3.63) is 0 Å². The second kappa shape index (κ2) is 7.32. The molecule has 2 N–H and O–H groups in total. The summed E-state index contributed by atoms with van der Waals surface area (Å²) < 4.78 is 9.12. The molecular weight excluding hydrogens is 186 g/mol. The Balaban J connectivity index is 3.90. The zero-order chi connectivity index (χ0) is 11.0. The molecule has 0 heterocycles. The molecular formula is C9H17NO4. The van der Waals surface area contributed by atoms with Crippen LogP contribution in [0.25, 0.3) is 0 Å². The maximum absolute atomic E-state index is 11.2. The van der Waals surface area contributed by atoms with Crippen LogP contribution in [0, 0.1) is 5.92 Å². The number of carbonyl (C=O) groups excluding carboxylic acids is 2. The van der Waals surface area contributed by atoms with E-state index < -0.39 is 0 Å². The first-order chi connectivity index (χ1) is 6.65. The van der Waals surface area contributed by atoms with Crippen molar-refractivity contribution >= 4 is 11.9 Å². The van der Waals surface area contributed by atoms with Crippen LogP contribution >= 0.6 is 0 Å². The van der Waals surface area contributed by atoms with E-state index in [-0.39, 0.29) is 31.0 Å². The molecule has 1 atom stereocenters. The Kier molecular flexibility index (Phi) is 6.74. The first-order valence-corrected chi connectivity index (χ1v) is 4.59. The highest BCUT2D eigenvalue weighted by Crippen LogP contribution is 2.13. The van der Waals surface area contributed by atoms with Crippen molar-refractivity contribution in [2.75, 3.05) is 13.8 Å². The van der Waals surface area contributed by atoms with Gasteiger partial charge in [0.25, 0.3) is 0 Å². The minimum absolute atomic E-state index is 0.118. The van der Waals surface area contributed by atoms with E-state index >= 15 is 0 Å². The van der Waals surface area contributed by atoms with Crippen molar-refractivity contribution < 1.29 is 19.1 Å². The van der Waals surface area contributed by atoms with Gasteiger partial charge >= 0.3 is 11.9 Å². The Bertz CT molecular complexity index is 193. The summed E-state index contributed by atoms with van der Waals surface area (Å²) in [5.74, 6) is -0.930. The molecule has 0 aliphatic rings. The Labute approximate surface area is 83.5 Å². The summed E-state index contributed by atoms with van der Waals surface area (Å²) in [5, 5.41) is 0. The molecule has 0 fully saturated rings. The van der Waals surface area contributed by atoms with Crippen LogP contribution in [0.5, 0.6) is 0 Å². The molecule has 0 amide bonds. The fraction of sp³-hybridized carbons (Fsp3) is 0.778. The topological polar surface area (TPSA) is 78.6 Å². The van der Waals surface area contributed by atoms with Crippen LogP contribution < -0.4 is 5.73 Å². The van der Waals surface area contributed by atoms with Crippen LogP contribution in [0.1, 0.15) is 26.2 Å². The van der Waals surface area contributed by atoms with Crippen LogP contribution in [0.2, 0.25) is 0 Å². The second-order valence-corrected chi connectivity index (χ2v) is 2.85. The zero-order valence-corrected chi connectivity index (χ0v) is 8.62. The van der Waals surface area contributed by atoms with Gasteiger partial charge < -0.3 is 9.47 Å². The molecule has 0 saturated carbocycles. The van der Waals surface area contributed by atoms with Crippen molar-refractivity contribution in [1.29, 1.82) is 0 Å². The van der Waals surface area contributed by atoms with Gasteiger partial charge in [0, 0.05) is 6.42 Å². The summed E-state index contributed by atoms with van der Waals surface area (Å²) in [6, 6.07) is 0. The van der Waals surface area contributed by atoms with Crippen LogP contribution in [-0.4, -0.2) is 25.8 Å². The van der Waals surface area contributed by atoms with E-state index in [0.717, 1.165) is 0 Å². The molecule has 0 aliphatic heterocycles. The third-order valence-corrected chi connectivity index (χ3v) is 1.98. The number of nitrogens with two attached hydrogens (primary N) is 1. The standard InChI is InChI=1S/C9H17NO4/c1-3-7(9(12)14-6-10)4-5-8(11)13-2/h7H,3-6,10H2,1-2H3. The number of hydrogen-bond acceptors (Lipinski definition) is 5. The van der Waals surface area contributed by atoms with Gasteiger partial charge in [0.05, 0.1) is 13.0 Å². The van der Waals surface area contributed by atoms with E-state index in [2.05, 4.69) is 9.47 Å². The lowest BCUT2D eigenvalue weighted by molar-refractivity contribution is -0.149. The fourth-order valence-corrected chi connectivity index (χ4v) is 1.08. The van der Waals surface area contributed by atoms with Crippen LogP contribution in [0.3, 0.4) is 0 Å². The molecule has 0 radical (unpaired) electrons. The average Bonchev–Trinajstić information content (AvgIpc) is 2.18. The lowest BCUT2D eigenvalue weighted by atomic mass is 10.0. The van der Waals surface area contributed by atoms with Gasteiger partial charge in [-0.3, -0.25) is 15.3 Å². The van der Waals surface area contributed by atoms with Gasteiger partial charge in [-0.15, -0.1) is 0 Å². The number of methoxy groups -OCH3 is 1. The highest BCUT2D eigenvalue weighted by molar-refractivity contribution is 5.74. The van der Waals surface area contributed by atoms with Gasteiger partial charge in [0.15, 0.2) is 0 Å². The Hall–Kier alpha value is -1.10. The summed E-state index contributed by atoms with van der Waals surface area (Å²) in [7, 11) is 1.32. The Morgan fingerprint density at radius 3 is 2.50 bits per heavy atom. The van der Waals surface area contributed by atoms with E-state index in [0.29, 0.717) is 12.8 Å². The number of hydrogen-bond donors (Lipinski definition) is 1. The van der Waals surface area contributed by atoms with Gasteiger partial charge in [0.1, 0.15) is 6.73 Å². The molecule has 82 valence electrons. The average molecular weight is 203 g/mol. The fourth-order valence-electron chi connectivity index (χ4n) is 1.08. The van der Waals surface area contributed by atoms with Crippen LogP contribution in [-0.2, 0) is 19.1 Å². The maximum Gasteiger partial charge on any atom is 0.310 e. The smallest absolute Gasteiger partial charge is 0.310 e. The molecule has 0 aromatic heterocycles. The highest BCUT2D eigenvalue weighted by atomic mass is 16.5. The monoisotopic (exact) mass is 203 g/mol. The summed E-state index contributed by atoms with van der Waals surface area (Å²) >= 11 is 0. The first kappa shape index (κ1) is 12.9. The van der Waals surface area contributed by atoms with Crippen molar-refractivity contribution in [2.24, 2.45) is 11.7 Å². The number of esters is 2. The highest BCUT2D eigenvalue weighted by Gasteiger charge is 2.18. The van der Waals surface area contributed by atoms with Gasteiger partial charge in [-0.1, -0.05) is 6.92 Å². The van der Waals surface area contributed by atoms with Crippen molar-refractivity contribution in [1.82, 2.24) is 0 Å². The minimum atomic E-state index is -0.348. The molecule has 5 heteroatoms. The SMILES string of the molecule is CCC(CCC(=O)OC)C(=O)OCN. The number of carbonyl (C=O) groups is 2.